The van der Waals surface area contributed by atoms with Gasteiger partial charge in [0.1, 0.15) is 4.88 Å². The number of aromatic nitrogens is 1. The van der Waals surface area contributed by atoms with Gasteiger partial charge in [0, 0.05) is 18.4 Å². The molecule has 4 nitrogen and oxygen atoms in total. The van der Waals surface area contributed by atoms with Crippen molar-refractivity contribution in [3.63, 3.8) is 0 Å². The fourth-order valence-corrected chi connectivity index (χ4v) is 3.27. The normalized spacial score (nSPS) is 10.5. The van der Waals surface area contributed by atoms with E-state index < -0.39 is 0 Å². The Kier molecular flexibility index (Phi) is 4.62. The summed E-state index contributed by atoms with van der Waals surface area (Å²) in [6, 6.07) is 17.7. The van der Waals surface area contributed by atoms with Crippen LogP contribution in [0.15, 0.2) is 54.6 Å². The number of anilines is 3. The molecule has 0 saturated carbocycles. The highest BCUT2D eigenvalue weighted by atomic mass is 32.1. The summed E-state index contributed by atoms with van der Waals surface area (Å²) >= 11 is 1.40. The van der Waals surface area contributed by atoms with E-state index in [0.29, 0.717) is 4.88 Å². The number of carbonyl (C=O) groups is 1. The molecular weight excluding hydrogens is 318 g/mol. The number of thiazole rings is 1. The molecular formula is C19H19N3OS. The Balaban J connectivity index is 1.80. The highest BCUT2D eigenvalue weighted by Gasteiger charge is 2.18. The van der Waals surface area contributed by atoms with Crippen molar-refractivity contribution < 1.29 is 4.79 Å². The van der Waals surface area contributed by atoms with Gasteiger partial charge in [-0.15, -0.1) is 0 Å². The van der Waals surface area contributed by atoms with E-state index in [1.54, 1.807) is 0 Å². The maximum absolute atomic E-state index is 12.5. The van der Waals surface area contributed by atoms with E-state index in [9.17, 15) is 4.79 Å². The summed E-state index contributed by atoms with van der Waals surface area (Å²) in [4.78, 5) is 19.7. The lowest BCUT2D eigenvalue weighted by molar-refractivity contribution is 0.103. The predicted molar refractivity (Wildman–Crippen MR) is 100 cm³/mol. The first-order chi connectivity index (χ1) is 11.5. The summed E-state index contributed by atoms with van der Waals surface area (Å²) < 4.78 is 0. The first-order valence-electron chi connectivity index (χ1n) is 7.69. The molecule has 0 aliphatic heterocycles. The molecule has 1 amide bonds. The minimum Gasteiger partial charge on any atom is -0.321 e. The van der Waals surface area contributed by atoms with Gasteiger partial charge in [-0.1, -0.05) is 47.2 Å². The van der Waals surface area contributed by atoms with Crippen LogP contribution in [0.25, 0.3) is 0 Å². The highest BCUT2D eigenvalue weighted by Crippen LogP contribution is 2.30. The van der Waals surface area contributed by atoms with Crippen LogP contribution in [0, 0.1) is 13.8 Å². The molecule has 3 rings (SSSR count). The van der Waals surface area contributed by atoms with Gasteiger partial charge in [0.2, 0.25) is 0 Å². The van der Waals surface area contributed by atoms with Crippen LogP contribution in [0.4, 0.5) is 16.5 Å². The third-order valence-electron chi connectivity index (χ3n) is 3.73. The smallest absolute Gasteiger partial charge is 0.267 e. The topological polar surface area (TPSA) is 45.2 Å². The molecule has 2 aromatic carbocycles. The fourth-order valence-electron chi connectivity index (χ4n) is 2.32. The molecule has 1 aromatic heterocycles. The minimum atomic E-state index is -0.124. The maximum Gasteiger partial charge on any atom is 0.267 e. The summed E-state index contributed by atoms with van der Waals surface area (Å²) in [5.74, 6) is -0.124. The van der Waals surface area contributed by atoms with Gasteiger partial charge in [-0.25, -0.2) is 4.98 Å². The second kappa shape index (κ2) is 6.84. The number of nitrogens with one attached hydrogen (secondary N) is 1. The van der Waals surface area contributed by atoms with Crippen molar-refractivity contribution in [3.05, 3.63) is 70.7 Å². The summed E-state index contributed by atoms with van der Waals surface area (Å²) in [5, 5.41) is 3.73. The molecule has 1 N–H and O–H groups in total. The van der Waals surface area contributed by atoms with Gasteiger partial charge in [-0.3, -0.25) is 4.79 Å². The molecule has 3 aromatic rings. The Hall–Kier alpha value is -2.66. The van der Waals surface area contributed by atoms with E-state index in [1.807, 2.05) is 80.4 Å². The standard InChI is InChI=1S/C19H19N3OS/c1-13-9-11-15(12-10-13)21-18(23)17-14(2)20-19(24-17)22(3)16-7-5-4-6-8-16/h4-12H,1-3H3,(H,21,23). The Morgan fingerprint density at radius 3 is 2.38 bits per heavy atom. The van der Waals surface area contributed by atoms with Crippen LogP contribution in [0.2, 0.25) is 0 Å². The van der Waals surface area contributed by atoms with E-state index >= 15 is 0 Å². The lowest BCUT2D eigenvalue weighted by Crippen LogP contribution is -2.11. The van der Waals surface area contributed by atoms with E-state index in [1.165, 1.54) is 11.3 Å². The molecule has 1 heterocycles. The summed E-state index contributed by atoms with van der Waals surface area (Å²) in [7, 11) is 1.95. The molecule has 24 heavy (non-hydrogen) atoms. The quantitative estimate of drug-likeness (QED) is 0.745. The number of rotatable bonds is 4. The zero-order valence-electron chi connectivity index (χ0n) is 13.9. The largest absolute Gasteiger partial charge is 0.321 e. The zero-order valence-corrected chi connectivity index (χ0v) is 14.7. The van der Waals surface area contributed by atoms with Gasteiger partial charge < -0.3 is 10.2 Å². The number of aryl methyl sites for hydroxylation is 2. The van der Waals surface area contributed by atoms with Crippen molar-refractivity contribution >= 4 is 33.8 Å². The van der Waals surface area contributed by atoms with E-state index in [2.05, 4.69) is 10.3 Å². The first-order valence-corrected chi connectivity index (χ1v) is 8.50. The Bertz CT molecular complexity index is 841. The molecule has 0 radical (unpaired) electrons. The molecule has 0 fully saturated rings. The number of benzene rings is 2. The van der Waals surface area contributed by atoms with Gasteiger partial charge in [0.25, 0.3) is 5.91 Å². The number of para-hydroxylation sites is 1. The molecule has 0 unspecified atom stereocenters. The van der Waals surface area contributed by atoms with Crippen molar-refractivity contribution in [1.82, 2.24) is 4.98 Å². The van der Waals surface area contributed by atoms with Crippen molar-refractivity contribution in [2.24, 2.45) is 0 Å². The van der Waals surface area contributed by atoms with Crippen LogP contribution in [0.5, 0.6) is 0 Å². The van der Waals surface area contributed by atoms with Crippen molar-refractivity contribution in [1.29, 1.82) is 0 Å². The number of amides is 1. The van der Waals surface area contributed by atoms with Gasteiger partial charge in [-0.05, 0) is 38.1 Å². The van der Waals surface area contributed by atoms with Crippen LogP contribution >= 0.6 is 11.3 Å². The van der Waals surface area contributed by atoms with Gasteiger partial charge in [-0.2, -0.15) is 0 Å². The van der Waals surface area contributed by atoms with Crippen molar-refractivity contribution in [2.75, 3.05) is 17.3 Å². The molecule has 0 spiro atoms. The van der Waals surface area contributed by atoms with E-state index in [0.717, 1.165) is 27.8 Å². The van der Waals surface area contributed by atoms with Crippen molar-refractivity contribution in [2.45, 2.75) is 13.8 Å². The lowest BCUT2D eigenvalue weighted by Gasteiger charge is -2.15. The summed E-state index contributed by atoms with van der Waals surface area (Å²) in [6.45, 7) is 3.88. The Labute approximate surface area is 145 Å². The number of nitrogens with zero attached hydrogens (tertiary/aromatic N) is 2. The van der Waals surface area contributed by atoms with Gasteiger partial charge >= 0.3 is 0 Å². The minimum absolute atomic E-state index is 0.124. The predicted octanol–water partition coefficient (Wildman–Crippen LogP) is 4.78. The van der Waals surface area contributed by atoms with Gasteiger partial charge in [0.15, 0.2) is 5.13 Å². The monoisotopic (exact) mass is 337 g/mol. The molecule has 0 aliphatic rings. The van der Waals surface area contributed by atoms with E-state index in [4.69, 9.17) is 0 Å². The third kappa shape index (κ3) is 3.46. The second-order valence-electron chi connectivity index (χ2n) is 5.63. The second-order valence-corrected chi connectivity index (χ2v) is 6.60. The zero-order chi connectivity index (χ0) is 17.1. The van der Waals surface area contributed by atoms with Crippen LogP contribution in [0.1, 0.15) is 20.9 Å². The maximum atomic E-state index is 12.5. The number of carbonyl (C=O) groups excluding carboxylic acids is 1. The van der Waals surface area contributed by atoms with Crippen molar-refractivity contribution in [3.8, 4) is 0 Å². The highest BCUT2D eigenvalue weighted by molar-refractivity contribution is 7.17. The summed E-state index contributed by atoms with van der Waals surface area (Å²) in [6.07, 6.45) is 0. The SMILES string of the molecule is Cc1ccc(NC(=O)c2sc(N(C)c3ccccc3)nc2C)cc1. The number of hydrogen-bond acceptors (Lipinski definition) is 4. The average molecular weight is 337 g/mol. The average Bonchev–Trinajstić information content (AvgIpc) is 2.99. The molecule has 0 bridgehead atoms. The Morgan fingerprint density at radius 2 is 1.71 bits per heavy atom. The molecule has 5 heteroatoms. The third-order valence-corrected chi connectivity index (χ3v) is 4.96. The molecule has 0 atom stereocenters. The van der Waals surface area contributed by atoms with Crippen LogP contribution in [-0.2, 0) is 0 Å². The molecule has 0 saturated heterocycles. The van der Waals surface area contributed by atoms with E-state index in [-0.39, 0.29) is 5.91 Å². The lowest BCUT2D eigenvalue weighted by atomic mass is 10.2. The van der Waals surface area contributed by atoms with Crippen LogP contribution < -0.4 is 10.2 Å². The number of hydrogen-bond donors (Lipinski definition) is 1. The fraction of sp³-hybridized carbons (Fsp3) is 0.158. The first kappa shape index (κ1) is 16.2. The Morgan fingerprint density at radius 1 is 1.04 bits per heavy atom. The van der Waals surface area contributed by atoms with Crippen LogP contribution in [0.3, 0.4) is 0 Å². The molecule has 122 valence electrons. The summed E-state index contributed by atoms with van der Waals surface area (Å²) in [5.41, 5.74) is 3.73. The van der Waals surface area contributed by atoms with Crippen LogP contribution in [-0.4, -0.2) is 17.9 Å². The van der Waals surface area contributed by atoms with Gasteiger partial charge in [0.05, 0.1) is 5.69 Å². The molecule has 0 aliphatic carbocycles.